The number of nitrogens with zero attached hydrogens (tertiary/aromatic N) is 1. The molecule has 0 unspecified atom stereocenters. The third-order valence-corrected chi connectivity index (χ3v) is 8.52. The van der Waals surface area contributed by atoms with E-state index >= 15 is 0 Å². The van der Waals surface area contributed by atoms with E-state index in [0.29, 0.717) is 0 Å². The van der Waals surface area contributed by atoms with E-state index in [1.807, 2.05) is 0 Å². The molecule has 0 fully saturated rings. The molecule has 0 amide bonds. The highest BCUT2D eigenvalue weighted by molar-refractivity contribution is 14.1. The Balaban J connectivity index is 4.20. The van der Waals surface area contributed by atoms with Gasteiger partial charge in [-0.05, 0) is 25.5 Å². The summed E-state index contributed by atoms with van der Waals surface area (Å²) >= 11 is 2.18. The summed E-state index contributed by atoms with van der Waals surface area (Å²) in [5, 5.41) is 0. The third kappa shape index (κ3) is 2.58. The minimum atomic E-state index is -0.808. The van der Waals surface area contributed by atoms with Crippen LogP contribution < -0.4 is 0 Å². The van der Waals surface area contributed by atoms with E-state index in [1.54, 1.807) is 0 Å². The normalized spacial score (nSPS) is 11.6. The van der Waals surface area contributed by atoms with Crippen molar-refractivity contribution < 1.29 is 0 Å². The molecule has 56 valence electrons. The molecule has 0 aliphatic heterocycles. The number of hydrogen-bond acceptors (Lipinski definition) is 1. The maximum Gasteiger partial charge on any atom is 0.0813 e. The molecular formula is C6H15INP. The first kappa shape index (κ1) is 9.96. The molecular weight excluding hydrogens is 244 g/mol. The molecule has 9 heavy (non-hydrogen) atoms. The summed E-state index contributed by atoms with van der Waals surface area (Å²) in [5.74, 6) is 0. The van der Waals surface area contributed by atoms with Crippen LogP contribution in [0.2, 0.25) is 0 Å². The molecule has 1 nitrogen and oxygen atoms in total. The molecule has 0 aromatic rings. The minimum Gasteiger partial charge on any atom is -0.234 e. The van der Waals surface area contributed by atoms with Crippen molar-refractivity contribution in [1.29, 1.82) is 0 Å². The summed E-state index contributed by atoms with van der Waals surface area (Å²) in [4.78, 5) is 0. The highest BCUT2D eigenvalue weighted by Gasteiger charge is 2.09. The zero-order chi connectivity index (χ0) is 7.33. The molecule has 0 aliphatic carbocycles. The first-order valence-electron chi connectivity index (χ1n) is 3.44. The quantitative estimate of drug-likeness (QED) is 0.542. The van der Waals surface area contributed by atoms with Gasteiger partial charge in [0.1, 0.15) is 0 Å². The van der Waals surface area contributed by atoms with Crippen molar-refractivity contribution in [2.24, 2.45) is 2.96 Å². The van der Waals surface area contributed by atoms with Crippen LogP contribution >= 0.6 is 29.9 Å². The molecule has 0 aromatic heterocycles. The molecule has 0 aliphatic rings. The molecule has 0 saturated heterocycles. The summed E-state index contributed by atoms with van der Waals surface area (Å²) < 4.78 is 4.46. The second-order valence-electron chi connectivity index (χ2n) is 2.12. The molecule has 0 bridgehead atoms. The summed E-state index contributed by atoms with van der Waals surface area (Å²) in [6.45, 7) is 6.76. The van der Waals surface area contributed by atoms with E-state index < -0.39 is 7.05 Å². The van der Waals surface area contributed by atoms with Gasteiger partial charge in [-0.25, -0.2) is 2.96 Å². The van der Waals surface area contributed by atoms with Crippen LogP contribution in [0.5, 0.6) is 0 Å². The predicted molar refractivity (Wildman–Crippen MR) is 55.0 cm³/mol. The van der Waals surface area contributed by atoms with Gasteiger partial charge in [0.25, 0.3) is 0 Å². The largest absolute Gasteiger partial charge is 0.234 e. The Labute approximate surface area is 72.2 Å². The lowest BCUT2D eigenvalue weighted by atomic mass is 10.9. The van der Waals surface area contributed by atoms with Crippen molar-refractivity contribution in [3.63, 3.8) is 0 Å². The molecule has 0 radical (unpaired) electrons. The summed E-state index contributed by atoms with van der Waals surface area (Å²) in [6.07, 6.45) is 3.84. The van der Waals surface area contributed by atoms with Gasteiger partial charge in [0.05, 0.1) is 22.9 Å². The van der Waals surface area contributed by atoms with Crippen molar-refractivity contribution in [3.8, 4) is 0 Å². The molecule has 0 saturated carbocycles. The second kappa shape index (κ2) is 4.73. The fraction of sp³-hybridized carbons (Fsp3) is 1.00. The van der Waals surface area contributed by atoms with Crippen LogP contribution in [0, 0.1) is 0 Å². The van der Waals surface area contributed by atoms with Crippen LogP contribution in [0.3, 0.4) is 0 Å². The second-order valence-corrected chi connectivity index (χ2v) is 7.65. The standard InChI is InChI=1S/C6H15INP/c1-4-9(5-2,6-3)8-7/h4-6H2,1-3H3. The lowest BCUT2D eigenvalue weighted by Gasteiger charge is -2.16. The van der Waals surface area contributed by atoms with Crippen LogP contribution in [-0.4, -0.2) is 18.5 Å². The van der Waals surface area contributed by atoms with Crippen LogP contribution in [0.15, 0.2) is 2.96 Å². The number of halogens is 1. The number of rotatable bonds is 3. The monoisotopic (exact) mass is 259 g/mol. The van der Waals surface area contributed by atoms with Crippen molar-refractivity contribution in [3.05, 3.63) is 0 Å². The molecule has 0 heterocycles. The van der Waals surface area contributed by atoms with Crippen LogP contribution in [-0.2, 0) is 0 Å². The Morgan fingerprint density at radius 1 is 1.11 bits per heavy atom. The van der Waals surface area contributed by atoms with Gasteiger partial charge in [-0.2, -0.15) is 0 Å². The average molecular weight is 259 g/mol. The van der Waals surface area contributed by atoms with E-state index in [4.69, 9.17) is 0 Å². The van der Waals surface area contributed by atoms with Gasteiger partial charge in [-0.1, -0.05) is 20.8 Å². The van der Waals surface area contributed by atoms with Gasteiger partial charge >= 0.3 is 0 Å². The van der Waals surface area contributed by atoms with Crippen LogP contribution in [0.1, 0.15) is 20.8 Å². The summed E-state index contributed by atoms with van der Waals surface area (Å²) in [7, 11) is -0.808. The van der Waals surface area contributed by atoms with Crippen LogP contribution in [0.4, 0.5) is 0 Å². The minimum absolute atomic E-state index is 0.808. The first-order valence-corrected chi connectivity index (χ1v) is 6.70. The summed E-state index contributed by atoms with van der Waals surface area (Å²) in [6, 6.07) is 0. The number of hydrogen-bond donors (Lipinski definition) is 0. The zero-order valence-electron chi connectivity index (χ0n) is 6.39. The van der Waals surface area contributed by atoms with Gasteiger partial charge in [-0.15, -0.1) is 0 Å². The topological polar surface area (TPSA) is 12.4 Å². The Morgan fingerprint density at radius 2 is 1.44 bits per heavy atom. The third-order valence-electron chi connectivity index (χ3n) is 1.93. The van der Waals surface area contributed by atoms with Gasteiger partial charge in [0, 0.05) is 0 Å². The molecule has 0 spiro atoms. The molecule has 0 aromatic carbocycles. The maximum atomic E-state index is 4.46. The zero-order valence-corrected chi connectivity index (χ0v) is 9.45. The highest BCUT2D eigenvalue weighted by Crippen LogP contribution is 2.49. The van der Waals surface area contributed by atoms with E-state index in [2.05, 4.69) is 46.6 Å². The van der Waals surface area contributed by atoms with E-state index in [0.717, 1.165) is 0 Å². The van der Waals surface area contributed by atoms with Gasteiger partial charge in [-0.3, -0.25) is 0 Å². The average Bonchev–Trinajstić information content (AvgIpc) is 1.95. The van der Waals surface area contributed by atoms with Gasteiger partial charge in [0.2, 0.25) is 0 Å². The Bertz CT molecular complexity index is 103. The van der Waals surface area contributed by atoms with Crippen molar-refractivity contribution >= 4 is 29.9 Å². The first-order chi connectivity index (χ1) is 4.24. The molecule has 0 atom stereocenters. The predicted octanol–water partition coefficient (Wildman–Crippen LogP) is 3.60. The van der Waals surface area contributed by atoms with Crippen LogP contribution in [0.25, 0.3) is 0 Å². The molecule has 3 heteroatoms. The smallest absolute Gasteiger partial charge is 0.0813 e. The molecule has 0 rings (SSSR count). The van der Waals surface area contributed by atoms with E-state index in [-0.39, 0.29) is 0 Å². The van der Waals surface area contributed by atoms with Crippen molar-refractivity contribution in [2.75, 3.05) is 18.5 Å². The van der Waals surface area contributed by atoms with E-state index in [1.165, 1.54) is 18.5 Å². The summed E-state index contributed by atoms with van der Waals surface area (Å²) in [5.41, 5.74) is 0. The Morgan fingerprint density at radius 3 is 1.44 bits per heavy atom. The lowest BCUT2D eigenvalue weighted by Crippen LogP contribution is -1.90. The van der Waals surface area contributed by atoms with Gasteiger partial charge < -0.3 is 0 Å². The lowest BCUT2D eigenvalue weighted by molar-refractivity contribution is 1.32. The fourth-order valence-corrected chi connectivity index (χ4v) is 5.24. The highest BCUT2D eigenvalue weighted by atomic mass is 127. The fourth-order valence-electron chi connectivity index (χ4n) is 0.831. The SMILES string of the molecule is CCP(CC)(CC)=NI. The van der Waals surface area contributed by atoms with Gasteiger partial charge in [0.15, 0.2) is 0 Å². The maximum absolute atomic E-state index is 4.46. The van der Waals surface area contributed by atoms with Crippen molar-refractivity contribution in [2.45, 2.75) is 20.8 Å². The Hall–Kier alpha value is 0.960. The van der Waals surface area contributed by atoms with Crippen molar-refractivity contribution in [1.82, 2.24) is 0 Å². The Kier molecular flexibility index (Phi) is 5.23. The van der Waals surface area contributed by atoms with E-state index in [9.17, 15) is 0 Å². The molecule has 0 N–H and O–H groups in total.